The van der Waals surface area contributed by atoms with Gasteiger partial charge in [-0.05, 0) is 37.4 Å². The number of rotatable bonds is 4. The molecule has 1 atom stereocenters. The molecule has 3 aromatic rings. The van der Waals surface area contributed by atoms with Gasteiger partial charge in [0.15, 0.2) is 0 Å². The number of aromatic amines is 1. The topological polar surface area (TPSA) is 70.0 Å². The highest BCUT2D eigenvalue weighted by atomic mass is 16.2. The van der Waals surface area contributed by atoms with Crippen molar-refractivity contribution in [2.75, 3.05) is 19.6 Å². The summed E-state index contributed by atoms with van der Waals surface area (Å²) in [4.78, 5) is 30.0. The van der Waals surface area contributed by atoms with Gasteiger partial charge >= 0.3 is 0 Å². The van der Waals surface area contributed by atoms with Gasteiger partial charge in [-0.3, -0.25) is 9.69 Å². The first kappa shape index (κ1) is 19.1. The van der Waals surface area contributed by atoms with Gasteiger partial charge in [0.05, 0.1) is 30.6 Å². The van der Waals surface area contributed by atoms with Crippen LogP contribution in [0.4, 0.5) is 0 Å². The number of nitrogens with zero attached hydrogens (tertiary/aromatic N) is 5. The smallest absolute Gasteiger partial charge is 0.272 e. The molecule has 1 unspecified atom stereocenters. The third kappa shape index (κ3) is 3.54. The van der Waals surface area contributed by atoms with Crippen molar-refractivity contribution < 1.29 is 4.79 Å². The standard InChI is InChI=1S/C23H28N6O/c1-27-16-24-13-20(27)23(30)29-12-9-19-21(26-15-25-19)22(29)18-7-10-28(11-8-18)14-17-5-3-2-4-6-17/h2-6,13,15-16,18,22H,7-12,14H2,1H3,(H,25,26). The number of carbonyl (C=O) groups is 1. The summed E-state index contributed by atoms with van der Waals surface area (Å²) < 4.78 is 1.81. The van der Waals surface area contributed by atoms with E-state index in [1.807, 2.05) is 16.5 Å². The summed E-state index contributed by atoms with van der Waals surface area (Å²) in [5, 5.41) is 0. The molecule has 1 fully saturated rings. The molecule has 0 radical (unpaired) electrons. The minimum atomic E-state index is 0.0290. The molecule has 2 aliphatic heterocycles. The molecule has 1 amide bonds. The zero-order valence-electron chi connectivity index (χ0n) is 17.4. The van der Waals surface area contributed by atoms with Crippen molar-refractivity contribution in [2.45, 2.75) is 31.8 Å². The average Bonchev–Trinajstić information content (AvgIpc) is 3.43. The average molecular weight is 405 g/mol. The fourth-order valence-corrected chi connectivity index (χ4v) is 4.99. The summed E-state index contributed by atoms with van der Waals surface area (Å²) in [5.41, 5.74) is 4.23. The lowest BCUT2D eigenvalue weighted by atomic mass is 9.83. The predicted molar refractivity (Wildman–Crippen MR) is 114 cm³/mol. The Morgan fingerprint density at radius 1 is 1.17 bits per heavy atom. The van der Waals surface area contributed by atoms with Gasteiger partial charge in [-0.15, -0.1) is 0 Å². The number of nitrogens with one attached hydrogen (secondary N) is 1. The van der Waals surface area contributed by atoms with Crippen LogP contribution in [0.1, 0.15) is 46.3 Å². The summed E-state index contributed by atoms with van der Waals surface area (Å²) in [6, 6.07) is 10.7. The molecule has 1 N–H and O–H groups in total. The Labute approximate surface area is 176 Å². The van der Waals surface area contributed by atoms with E-state index in [4.69, 9.17) is 0 Å². The first-order valence-electron chi connectivity index (χ1n) is 10.8. The number of hydrogen-bond acceptors (Lipinski definition) is 4. The Morgan fingerprint density at radius 2 is 1.97 bits per heavy atom. The van der Waals surface area contributed by atoms with Crippen LogP contribution in [-0.2, 0) is 20.0 Å². The fourth-order valence-electron chi connectivity index (χ4n) is 4.99. The van der Waals surface area contributed by atoms with Crippen molar-refractivity contribution in [3.05, 3.63) is 71.8 Å². The molecule has 7 heteroatoms. The molecule has 5 rings (SSSR count). The maximum atomic E-state index is 13.4. The molecule has 2 aromatic heterocycles. The number of piperidine rings is 1. The zero-order chi connectivity index (χ0) is 20.5. The molecule has 30 heavy (non-hydrogen) atoms. The number of imidazole rings is 2. The van der Waals surface area contributed by atoms with Gasteiger partial charge in [0.1, 0.15) is 5.69 Å². The normalized spacial score (nSPS) is 20.3. The molecule has 1 aromatic carbocycles. The number of H-pyrrole nitrogens is 1. The van der Waals surface area contributed by atoms with Crippen LogP contribution in [0.15, 0.2) is 49.2 Å². The number of aryl methyl sites for hydroxylation is 1. The van der Waals surface area contributed by atoms with Gasteiger partial charge in [-0.2, -0.15) is 0 Å². The number of likely N-dealkylation sites (tertiary alicyclic amines) is 1. The van der Waals surface area contributed by atoms with Gasteiger partial charge in [0.2, 0.25) is 0 Å². The molecule has 0 spiro atoms. The summed E-state index contributed by atoms with van der Waals surface area (Å²) in [6.07, 6.45) is 8.09. The second kappa shape index (κ2) is 8.07. The Hall–Kier alpha value is -2.93. The van der Waals surface area contributed by atoms with Crippen molar-refractivity contribution in [1.29, 1.82) is 0 Å². The van der Waals surface area contributed by atoms with Crippen LogP contribution in [0.5, 0.6) is 0 Å². The largest absolute Gasteiger partial charge is 0.348 e. The van der Waals surface area contributed by atoms with Crippen molar-refractivity contribution in [2.24, 2.45) is 13.0 Å². The van der Waals surface area contributed by atoms with E-state index in [0.717, 1.165) is 44.6 Å². The zero-order valence-corrected chi connectivity index (χ0v) is 17.4. The van der Waals surface area contributed by atoms with E-state index in [0.29, 0.717) is 18.2 Å². The van der Waals surface area contributed by atoms with Crippen molar-refractivity contribution >= 4 is 5.91 Å². The monoisotopic (exact) mass is 404 g/mol. The van der Waals surface area contributed by atoms with Gasteiger partial charge in [0, 0.05) is 32.3 Å². The molecule has 7 nitrogen and oxygen atoms in total. The van der Waals surface area contributed by atoms with Crippen LogP contribution in [-0.4, -0.2) is 54.9 Å². The summed E-state index contributed by atoms with van der Waals surface area (Å²) in [6.45, 7) is 3.80. The molecule has 4 heterocycles. The maximum Gasteiger partial charge on any atom is 0.272 e. The Bertz CT molecular complexity index is 1000. The lowest BCUT2D eigenvalue weighted by molar-refractivity contribution is 0.0457. The summed E-state index contributed by atoms with van der Waals surface area (Å²) >= 11 is 0. The first-order chi connectivity index (χ1) is 14.7. The molecule has 0 saturated carbocycles. The summed E-state index contributed by atoms with van der Waals surface area (Å²) in [5.74, 6) is 0.469. The summed E-state index contributed by atoms with van der Waals surface area (Å²) in [7, 11) is 1.88. The number of amides is 1. The Kier molecular flexibility index (Phi) is 5.12. The first-order valence-corrected chi connectivity index (χ1v) is 10.8. The van der Waals surface area contributed by atoms with Crippen LogP contribution < -0.4 is 0 Å². The van der Waals surface area contributed by atoms with Crippen molar-refractivity contribution in [3.8, 4) is 0 Å². The molecule has 0 bridgehead atoms. The van der Waals surface area contributed by atoms with Gasteiger partial charge in [0.25, 0.3) is 5.91 Å². The highest BCUT2D eigenvalue weighted by molar-refractivity contribution is 5.92. The van der Waals surface area contributed by atoms with Crippen molar-refractivity contribution in [3.63, 3.8) is 0 Å². The third-order valence-corrected chi connectivity index (χ3v) is 6.59. The second-order valence-corrected chi connectivity index (χ2v) is 8.45. The molecule has 2 aliphatic rings. The number of carbonyl (C=O) groups excluding carboxylic acids is 1. The third-order valence-electron chi connectivity index (χ3n) is 6.59. The SMILES string of the molecule is Cn1cncc1C(=O)N1CCc2[nH]cnc2C1C1CCN(Cc2ccccc2)CC1. The van der Waals surface area contributed by atoms with E-state index < -0.39 is 0 Å². The van der Waals surface area contributed by atoms with E-state index >= 15 is 0 Å². The van der Waals surface area contributed by atoms with Crippen molar-refractivity contribution in [1.82, 2.24) is 29.3 Å². The number of hydrogen-bond donors (Lipinski definition) is 1. The second-order valence-electron chi connectivity index (χ2n) is 8.45. The van der Waals surface area contributed by atoms with Crippen LogP contribution >= 0.6 is 0 Å². The predicted octanol–water partition coefficient (Wildman–Crippen LogP) is 2.79. The minimum Gasteiger partial charge on any atom is -0.348 e. The minimum absolute atomic E-state index is 0.0290. The molecule has 1 saturated heterocycles. The van der Waals surface area contributed by atoms with Gasteiger partial charge < -0.3 is 14.5 Å². The molecule has 0 aliphatic carbocycles. The van der Waals surface area contributed by atoms with E-state index in [1.54, 1.807) is 18.9 Å². The van der Waals surface area contributed by atoms with Crippen LogP contribution in [0.2, 0.25) is 0 Å². The van der Waals surface area contributed by atoms with Crippen LogP contribution in [0.25, 0.3) is 0 Å². The van der Waals surface area contributed by atoms with E-state index in [2.05, 4.69) is 50.2 Å². The van der Waals surface area contributed by atoms with Gasteiger partial charge in [-0.1, -0.05) is 30.3 Å². The van der Waals surface area contributed by atoms with Crippen LogP contribution in [0, 0.1) is 5.92 Å². The number of fused-ring (bicyclic) bond motifs is 1. The highest BCUT2D eigenvalue weighted by Gasteiger charge is 2.40. The Balaban J connectivity index is 1.34. The Morgan fingerprint density at radius 3 is 2.70 bits per heavy atom. The highest BCUT2D eigenvalue weighted by Crippen LogP contribution is 2.39. The number of benzene rings is 1. The van der Waals surface area contributed by atoms with E-state index in [1.165, 1.54) is 11.3 Å². The van der Waals surface area contributed by atoms with E-state index in [9.17, 15) is 4.79 Å². The quantitative estimate of drug-likeness (QED) is 0.726. The van der Waals surface area contributed by atoms with E-state index in [-0.39, 0.29) is 11.9 Å². The number of aromatic nitrogens is 4. The lowest BCUT2D eigenvalue weighted by Crippen LogP contribution is -2.46. The molecule has 156 valence electrons. The lowest BCUT2D eigenvalue weighted by Gasteiger charge is -2.43. The molecular weight excluding hydrogens is 376 g/mol. The van der Waals surface area contributed by atoms with Gasteiger partial charge in [-0.25, -0.2) is 9.97 Å². The van der Waals surface area contributed by atoms with Crippen LogP contribution in [0.3, 0.4) is 0 Å². The maximum absolute atomic E-state index is 13.4. The molecular formula is C23H28N6O. The fraction of sp³-hybridized carbons (Fsp3) is 0.435.